The predicted molar refractivity (Wildman–Crippen MR) is 147 cm³/mol. The lowest BCUT2D eigenvalue weighted by Gasteiger charge is -1.98. The van der Waals surface area contributed by atoms with Gasteiger partial charge < -0.3 is 0 Å². The van der Waals surface area contributed by atoms with Crippen LogP contribution in [0, 0.1) is 45.3 Å². The van der Waals surface area contributed by atoms with Crippen molar-refractivity contribution in [3.05, 3.63) is 68.9 Å². The number of allylic oxidation sites excluding steroid dienone is 2. The summed E-state index contributed by atoms with van der Waals surface area (Å²) in [6, 6.07) is 22.2. The molecule has 35 heavy (non-hydrogen) atoms. The third-order valence-corrected chi connectivity index (χ3v) is 9.85. The fraction of sp³-hybridized carbons (Fsp3) is 0.111. The van der Waals surface area contributed by atoms with E-state index in [-0.39, 0.29) is 11.1 Å². The molecule has 4 aromatic rings. The fourth-order valence-electron chi connectivity index (χ4n) is 3.40. The van der Waals surface area contributed by atoms with Gasteiger partial charge in [-0.3, -0.25) is 0 Å². The summed E-state index contributed by atoms with van der Waals surface area (Å²) in [4.78, 5) is 8.83. The van der Waals surface area contributed by atoms with Gasteiger partial charge in [0, 0.05) is 39.0 Å². The molecule has 0 bridgehead atoms. The molecule has 0 unspecified atom stereocenters. The van der Waals surface area contributed by atoms with E-state index < -0.39 is 0 Å². The molecule has 4 rings (SSSR count). The average molecular weight is 525 g/mol. The number of nitriles is 4. The molecule has 0 aliphatic carbocycles. The minimum absolute atomic E-state index is 0.100. The van der Waals surface area contributed by atoms with E-state index in [0.29, 0.717) is 0 Å². The van der Waals surface area contributed by atoms with E-state index in [2.05, 4.69) is 31.2 Å². The van der Waals surface area contributed by atoms with E-state index >= 15 is 0 Å². The van der Waals surface area contributed by atoms with Crippen molar-refractivity contribution in [2.24, 2.45) is 0 Å². The summed E-state index contributed by atoms with van der Waals surface area (Å²) in [5, 5.41) is 36.1. The van der Waals surface area contributed by atoms with Crippen molar-refractivity contribution < 1.29 is 0 Å². The van der Waals surface area contributed by atoms with Gasteiger partial charge in [0.2, 0.25) is 0 Å². The molecular formula is C27H16N4S4. The van der Waals surface area contributed by atoms with Crippen molar-refractivity contribution in [1.29, 1.82) is 21.0 Å². The van der Waals surface area contributed by atoms with Crippen LogP contribution in [0.5, 0.6) is 0 Å². The zero-order valence-electron chi connectivity index (χ0n) is 18.5. The number of hydrogen-bond donors (Lipinski definition) is 0. The van der Waals surface area contributed by atoms with E-state index in [9.17, 15) is 0 Å². The van der Waals surface area contributed by atoms with Crippen molar-refractivity contribution in [2.45, 2.75) is 19.8 Å². The smallest absolute Gasteiger partial charge is 0.131 e. The third-order valence-electron chi connectivity index (χ3n) is 4.95. The zero-order valence-corrected chi connectivity index (χ0v) is 21.8. The molecule has 0 fully saturated rings. The van der Waals surface area contributed by atoms with Gasteiger partial charge in [-0.25, -0.2) is 0 Å². The highest BCUT2D eigenvalue weighted by molar-refractivity contribution is 7.28. The van der Waals surface area contributed by atoms with Gasteiger partial charge in [-0.2, -0.15) is 21.0 Å². The van der Waals surface area contributed by atoms with Gasteiger partial charge in [0.15, 0.2) is 0 Å². The van der Waals surface area contributed by atoms with Gasteiger partial charge in [0.05, 0.1) is 0 Å². The van der Waals surface area contributed by atoms with E-state index in [1.54, 1.807) is 57.5 Å². The first-order valence-electron chi connectivity index (χ1n) is 10.6. The summed E-state index contributed by atoms with van der Waals surface area (Å²) in [6.07, 6.45) is 5.28. The summed E-state index contributed by atoms with van der Waals surface area (Å²) in [5.41, 5.74) is 1.52. The second-order valence-corrected chi connectivity index (χ2v) is 11.7. The minimum atomic E-state index is 0.100. The fourth-order valence-corrected chi connectivity index (χ4v) is 7.83. The maximum atomic E-state index is 9.04. The minimum Gasteiger partial charge on any atom is -0.192 e. The highest BCUT2D eigenvalue weighted by Crippen LogP contribution is 2.45. The maximum absolute atomic E-state index is 9.04. The number of hydrogen-bond acceptors (Lipinski definition) is 8. The zero-order chi connectivity index (χ0) is 24.8. The molecule has 4 heterocycles. The number of rotatable bonds is 7. The van der Waals surface area contributed by atoms with Crippen LogP contribution >= 0.6 is 45.3 Å². The number of aryl methyl sites for hydroxylation is 1. The molecule has 168 valence electrons. The molecule has 0 atom stereocenters. The molecule has 4 aromatic heterocycles. The Kier molecular flexibility index (Phi) is 7.74. The van der Waals surface area contributed by atoms with Gasteiger partial charge in [-0.1, -0.05) is 13.3 Å². The summed E-state index contributed by atoms with van der Waals surface area (Å²) >= 11 is 6.66. The van der Waals surface area contributed by atoms with Crippen LogP contribution in [0.15, 0.2) is 53.6 Å². The quantitative estimate of drug-likeness (QED) is 0.226. The molecule has 8 heteroatoms. The molecule has 0 spiro atoms. The second-order valence-electron chi connectivity index (χ2n) is 7.35. The Bertz CT molecular complexity index is 1580. The Morgan fingerprint density at radius 3 is 1.71 bits per heavy atom. The van der Waals surface area contributed by atoms with Gasteiger partial charge >= 0.3 is 0 Å². The average Bonchev–Trinajstić information content (AvgIpc) is 3.67. The van der Waals surface area contributed by atoms with Crippen LogP contribution in [0.3, 0.4) is 0 Å². The van der Waals surface area contributed by atoms with E-state index in [1.165, 1.54) is 20.2 Å². The Balaban J connectivity index is 1.65. The number of nitrogens with zero attached hydrogens (tertiary/aromatic N) is 4. The molecule has 4 nitrogen and oxygen atoms in total. The van der Waals surface area contributed by atoms with Crippen molar-refractivity contribution in [3.63, 3.8) is 0 Å². The SMILES string of the molecule is CCCc1cc(-c2ccc(-c3ccc(C=C(C#N)C#N)s3)s2)sc1-c1ccc(C=C(C#N)C#N)s1. The lowest BCUT2D eigenvalue weighted by molar-refractivity contribution is 0.928. The first-order valence-corrected chi connectivity index (χ1v) is 13.8. The summed E-state index contributed by atoms with van der Waals surface area (Å²) in [5.74, 6) is 0. The summed E-state index contributed by atoms with van der Waals surface area (Å²) in [6.45, 7) is 2.17. The van der Waals surface area contributed by atoms with Gasteiger partial charge in [-0.15, -0.1) is 45.3 Å². The molecule has 0 aliphatic heterocycles. The van der Waals surface area contributed by atoms with Crippen LogP contribution < -0.4 is 0 Å². The Morgan fingerprint density at radius 2 is 1.14 bits per heavy atom. The third kappa shape index (κ3) is 5.50. The Labute approximate surface area is 219 Å². The molecular weight excluding hydrogens is 509 g/mol. The van der Waals surface area contributed by atoms with Crippen LogP contribution in [0.4, 0.5) is 0 Å². The topological polar surface area (TPSA) is 95.2 Å². The van der Waals surface area contributed by atoms with Crippen LogP contribution in [0.2, 0.25) is 0 Å². The van der Waals surface area contributed by atoms with Crippen molar-refractivity contribution >= 4 is 57.5 Å². The summed E-state index contributed by atoms with van der Waals surface area (Å²) < 4.78 is 0. The lowest BCUT2D eigenvalue weighted by Crippen LogP contribution is -1.80. The first kappa shape index (κ1) is 24.4. The van der Waals surface area contributed by atoms with E-state index in [0.717, 1.165) is 37.2 Å². The largest absolute Gasteiger partial charge is 0.192 e. The molecule has 0 saturated heterocycles. The number of thiophene rings is 4. The highest BCUT2D eigenvalue weighted by atomic mass is 32.1. The van der Waals surface area contributed by atoms with Crippen molar-refractivity contribution in [2.75, 3.05) is 0 Å². The molecule has 0 amide bonds. The summed E-state index contributed by atoms with van der Waals surface area (Å²) in [7, 11) is 0. The van der Waals surface area contributed by atoms with E-state index in [1.807, 2.05) is 42.5 Å². The van der Waals surface area contributed by atoms with Crippen LogP contribution in [-0.4, -0.2) is 0 Å². The second kappa shape index (κ2) is 11.1. The first-order chi connectivity index (χ1) is 17.1. The van der Waals surface area contributed by atoms with Crippen LogP contribution in [-0.2, 0) is 6.42 Å². The maximum Gasteiger partial charge on any atom is 0.131 e. The molecule has 0 aromatic carbocycles. The van der Waals surface area contributed by atoms with Gasteiger partial charge in [0.25, 0.3) is 0 Å². The standard InChI is InChI=1S/C27H16N4S4/c1-2-3-19-12-26(35-27(19)25-7-5-21(33-25)11-18(15-30)16-31)24-9-8-23(34-24)22-6-4-20(32-22)10-17(13-28)14-29/h4-12H,2-3H2,1H3. The Morgan fingerprint density at radius 1 is 0.657 bits per heavy atom. The van der Waals surface area contributed by atoms with E-state index in [4.69, 9.17) is 21.0 Å². The Hall–Kier alpha value is -3.76. The van der Waals surface area contributed by atoms with Crippen molar-refractivity contribution in [3.8, 4) is 53.5 Å². The molecule has 0 saturated carbocycles. The lowest BCUT2D eigenvalue weighted by atomic mass is 10.1. The normalized spacial score (nSPS) is 9.97. The van der Waals surface area contributed by atoms with Crippen molar-refractivity contribution in [1.82, 2.24) is 0 Å². The highest BCUT2D eigenvalue weighted by Gasteiger charge is 2.16. The van der Waals surface area contributed by atoms with Crippen LogP contribution in [0.1, 0.15) is 28.7 Å². The molecule has 0 N–H and O–H groups in total. The van der Waals surface area contributed by atoms with Gasteiger partial charge in [-0.05, 0) is 66.6 Å². The monoisotopic (exact) mass is 524 g/mol. The molecule has 0 aliphatic rings. The predicted octanol–water partition coefficient (Wildman–Crippen LogP) is 8.75. The van der Waals surface area contributed by atoms with Crippen LogP contribution in [0.25, 0.3) is 41.4 Å². The molecule has 0 radical (unpaired) electrons. The van der Waals surface area contributed by atoms with Gasteiger partial charge in [0.1, 0.15) is 35.4 Å².